The first-order valence-electron chi connectivity index (χ1n) is 4.25. The summed E-state index contributed by atoms with van der Waals surface area (Å²) < 4.78 is 0. The molecule has 68 valence electrons. The molecule has 0 bridgehead atoms. The lowest BCUT2D eigenvalue weighted by molar-refractivity contribution is 0.992. The van der Waals surface area contributed by atoms with Gasteiger partial charge in [-0.15, -0.1) is 11.3 Å². The van der Waals surface area contributed by atoms with Crippen LogP contribution in [0.5, 0.6) is 0 Å². The fourth-order valence-corrected chi connectivity index (χ4v) is 1.85. The maximum Gasteiger partial charge on any atom is 0.183 e. The maximum absolute atomic E-state index is 4.39. The Labute approximate surface area is 81.2 Å². The van der Waals surface area contributed by atoms with E-state index in [4.69, 9.17) is 0 Å². The Morgan fingerprint density at radius 2 is 2.46 bits per heavy atom. The molecule has 2 rings (SSSR count). The van der Waals surface area contributed by atoms with Crippen LogP contribution in [0.2, 0.25) is 0 Å². The SMILES string of the molecule is CNc1nc(C2=NCCC=C2)cs1. The Morgan fingerprint density at radius 1 is 1.54 bits per heavy atom. The predicted molar refractivity (Wildman–Crippen MR) is 56.8 cm³/mol. The number of nitrogens with one attached hydrogen (secondary N) is 1. The molecule has 0 fully saturated rings. The van der Waals surface area contributed by atoms with Crippen LogP contribution < -0.4 is 5.32 Å². The van der Waals surface area contributed by atoms with E-state index in [1.165, 1.54) is 0 Å². The highest BCUT2D eigenvalue weighted by Crippen LogP contribution is 2.16. The molecule has 0 radical (unpaired) electrons. The van der Waals surface area contributed by atoms with Gasteiger partial charge in [-0.1, -0.05) is 6.08 Å². The van der Waals surface area contributed by atoms with Crippen LogP contribution in [-0.4, -0.2) is 24.3 Å². The molecule has 0 saturated heterocycles. The van der Waals surface area contributed by atoms with Gasteiger partial charge >= 0.3 is 0 Å². The summed E-state index contributed by atoms with van der Waals surface area (Å²) in [6.45, 7) is 0.887. The van der Waals surface area contributed by atoms with Crippen molar-refractivity contribution in [1.82, 2.24) is 4.98 Å². The van der Waals surface area contributed by atoms with E-state index in [2.05, 4.69) is 21.4 Å². The fourth-order valence-electron chi connectivity index (χ4n) is 1.18. The fraction of sp³-hybridized carbons (Fsp3) is 0.333. The minimum atomic E-state index is 0.887. The molecule has 1 aliphatic heterocycles. The summed E-state index contributed by atoms with van der Waals surface area (Å²) in [6, 6.07) is 0. The summed E-state index contributed by atoms with van der Waals surface area (Å²) in [5, 5.41) is 5.98. The number of hydrogen-bond acceptors (Lipinski definition) is 4. The van der Waals surface area contributed by atoms with Gasteiger partial charge in [0.05, 0.1) is 5.71 Å². The van der Waals surface area contributed by atoms with Crippen LogP contribution >= 0.6 is 11.3 Å². The number of dihydropyridines is 1. The minimum absolute atomic E-state index is 0.887. The molecule has 0 unspecified atom stereocenters. The Hall–Kier alpha value is -1.16. The number of rotatable bonds is 2. The molecule has 0 saturated carbocycles. The summed E-state index contributed by atoms with van der Waals surface area (Å²) in [5.74, 6) is 0. The molecule has 0 atom stereocenters. The highest BCUT2D eigenvalue weighted by atomic mass is 32.1. The highest BCUT2D eigenvalue weighted by molar-refractivity contribution is 7.13. The Morgan fingerprint density at radius 3 is 3.08 bits per heavy atom. The number of nitrogens with zero attached hydrogens (tertiary/aromatic N) is 2. The van der Waals surface area contributed by atoms with Gasteiger partial charge in [0.15, 0.2) is 5.13 Å². The monoisotopic (exact) mass is 193 g/mol. The van der Waals surface area contributed by atoms with E-state index in [0.717, 1.165) is 29.5 Å². The van der Waals surface area contributed by atoms with Crippen LogP contribution in [0, 0.1) is 0 Å². The van der Waals surface area contributed by atoms with Crippen molar-refractivity contribution < 1.29 is 0 Å². The van der Waals surface area contributed by atoms with Crippen molar-refractivity contribution in [3.05, 3.63) is 23.2 Å². The van der Waals surface area contributed by atoms with Crippen molar-refractivity contribution >= 4 is 22.2 Å². The van der Waals surface area contributed by atoms with Gasteiger partial charge in [0, 0.05) is 19.0 Å². The lowest BCUT2D eigenvalue weighted by Gasteiger charge is -2.01. The summed E-state index contributed by atoms with van der Waals surface area (Å²) in [6.07, 6.45) is 5.23. The van der Waals surface area contributed by atoms with Crippen LogP contribution in [0.15, 0.2) is 22.5 Å². The van der Waals surface area contributed by atoms with E-state index in [-0.39, 0.29) is 0 Å². The second-order valence-electron chi connectivity index (χ2n) is 2.75. The number of hydrogen-bond donors (Lipinski definition) is 1. The number of allylic oxidation sites excluding steroid dienone is 1. The largest absolute Gasteiger partial charge is 0.365 e. The van der Waals surface area contributed by atoms with Crippen LogP contribution in [0.4, 0.5) is 5.13 Å². The van der Waals surface area contributed by atoms with Gasteiger partial charge in [0.2, 0.25) is 0 Å². The number of thiazole rings is 1. The highest BCUT2D eigenvalue weighted by Gasteiger charge is 2.06. The summed E-state index contributed by atoms with van der Waals surface area (Å²) in [5.41, 5.74) is 1.98. The van der Waals surface area contributed by atoms with Crippen LogP contribution in [-0.2, 0) is 0 Å². The van der Waals surface area contributed by atoms with Gasteiger partial charge in [-0.25, -0.2) is 4.98 Å². The third-order valence-corrected chi connectivity index (χ3v) is 2.69. The normalized spacial score (nSPS) is 15.6. The zero-order valence-electron chi connectivity index (χ0n) is 7.45. The smallest absolute Gasteiger partial charge is 0.183 e. The van der Waals surface area contributed by atoms with Gasteiger partial charge in [0.1, 0.15) is 5.69 Å². The van der Waals surface area contributed by atoms with E-state index in [1.54, 1.807) is 11.3 Å². The summed E-state index contributed by atoms with van der Waals surface area (Å²) in [7, 11) is 1.88. The van der Waals surface area contributed by atoms with Crippen molar-refractivity contribution in [2.45, 2.75) is 6.42 Å². The lowest BCUT2D eigenvalue weighted by Crippen LogP contribution is -2.02. The van der Waals surface area contributed by atoms with Crippen LogP contribution in [0.3, 0.4) is 0 Å². The molecule has 4 heteroatoms. The van der Waals surface area contributed by atoms with Crippen LogP contribution in [0.1, 0.15) is 12.1 Å². The zero-order chi connectivity index (χ0) is 9.10. The first-order valence-corrected chi connectivity index (χ1v) is 5.13. The average molecular weight is 193 g/mol. The number of anilines is 1. The molecule has 3 nitrogen and oxygen atoms in total. The maximum atomic E-state index is 4.39. The van der Waals surface area contributed by atoms with Gasteiger partial charge in [0.25, 0.3) is 0 Å². The molecule has 0 aliphatic carbocycles. The molecule has 1 aromatic rings. The Balaban J connectivity index is 2.24. The lowest BCUT2D eigenvalue weighted by atomic mass is 10.2. The van der Waals surface area contributed by atoms with Gasteiger partial charge < -0.3 is 5.32 Å². The number of aromatic nitrogens is 1. The summed E-state index contributed by atoms with van der Waals surface area (Å²) in [4.78, 5) is 8.77. The Kier molecular flexibility index (Phi) is 2.40. The van der Waals surface area contributed by atoms with Crippen LogP contribution in [0.25, 0.3) is 0 Å². The Bertz CT molecular complexity index is 351. The predicted octanol–water partition coefficient (Wildman–Crippen LogP) is 1.93. The van der Waals surface area contributed by atoms with E-state index in [0.29, 0.717) is 0 Å². The van der Waals surface area contributed by atoms with Gasteiger partial charge in [-0.2, -0.15) is 0 Å². The molecule has 0 amide bonds. The molecule has 1 N–H and O–H groups in total. The first kappa shape index (κ1) is 8.44. The molecule has 0 aromatic carbocycles. The zero-order valence-corrected chi connectivity index (χ0v) is 8.27. The van der Waals surface area contributed by atoms with Crippen molar-refractivity contribution in [3.8, 4) is 0 Å². The molecular weight excluding hydrogens is 182 g/mol. The van der Waals surface area contributed by atoms with Gasteiger partial charge in [-0.3, -0.25) is 4.99 Å². The summed E-state index contributed by atoms with van der Waals surface area (Å²) >= 11 is 1.61. The van der Waals surface area contributed by atoms with E-state index >= 15 is 0 Å². The molecule has 1 aromatic heterocycles. The molecule has 13 heavy (non-hydrogen) atoms. The number of aliphatic imine (C=N–C) groups is 1. The first-order chi connectivity index (χ1) is 6.40. The standard InChI is InChI=1S/C9H11N3S/c1-10-9-12-8(6-13-9)7-4-2-3-5-11-7/h2,4,6H,3,5H2,1H3,(H,10,12). The van der Waals surface area contributed by atoms with Crippen molar-refractivity contribution in [2.75, 3.05) is 18.9 Å². The van der Waals surface area contributed by atoms with E-state index in [9.17, 15) is 0 Å². The second kappa shape index (κ2) is 3.70. The quantitative estimate of drug-likeness (QED) is 0.779. The third kappa shape index (κ3) is 1.78. The molecular formula is C9H11N3S. The molecule has 0 spiro atoms. The van der Waals surface area contributed by atoms with Gasteiger partial charge in [-0.05, 0) is 12.5 Å². The average Bonchev–Trinajstić information content (AvgIpc) is 2.67. The van der Waals surface area contributed by atoms with Crippen molar-refractivity contribution in [3.63, 3.8) is 0 Å². The molecule has 2 heterocycles. The van der Waals surface area contributed by atoms with Crippen molar-refractivity contribution in [1.29, 1.82) is 0 Å². The topological polar surface area (TPSA) is 37.3 Å². The van der Waals surface area contributed by atoms with Crippen molar-refractivity contribution in [2.24, 2.45) is 4.99 Å². The van der Waals surface area contributed by atoms with E-state index < -0.39 is 0 Å². The second-order valence-corrected chi connectivity index (χ2v) is 3.60. The minimum Gasteiger partial charge on any atom is -0.365 e. The van der Waals surface area contributed by atoms with E-state index in [1.807, 2.05) is 18.5 Å². The molecule has 1 aliphatic rings. The third-order valence-electron chi connectivity index (χ3n) is 1.83.